The smallest absolute Gasteiger partial charge is 0.0897 e. The van der Waals surface area contributed by atoms with E-state index in [9.17, 15) is 0 Å². The fourth-order valence-corrected chi connectivity index (χ4v) is 1.85. The standard InChI is InChI=1S/C14H18N4/c1-3-11-4-6-12(7-5-11)14(18-15)13-9-16-10(2)8-17-13/h4-9,14,18H,3,15H2,1-2H3. The first-order valence-electron chi connectivity index (χ1n) is 6.08. The number of nitrogens with one attached hydrogen (secondary N) is 1. The maximum atomic E-state index is 5.63. The van der Waals surface area contributed by atoms with Crippen LogP contribution in [-0.4, -0.2) is 9.97 Å². The van der Waals surface area contributed by atoms with Crippen molar-refractivity contribution < 1.29 is 0 Å². The molecule has 0 radical (unpaired) electrons. The summed E-state index contributed by atoms with van der Waals surface area (Å²) in [7, 11) is 0. The van der Waals surface area contributed by atoms with Crippen LogP contribution in [0.2, 0.25) is 0 Å². The van der Waals surface area contributed by atoms with Gasteiger partial charge in [0.1, 0.15) is 0 Å². The highest BCUT2D eigenvalue weighted by atomic mass is 15.2. The van der Waals surface area contributed by atoms with Crippen LogP contribution >= 0.6 is 0 Å². The van der Waals surface area contributed by atoms with Gasteiger partial charge in [0, 0.05) is 6.20 Å². The first-order valence-corrected chi connectivity index (χ1v) is 6.08. The quantitative estimate of drug-likeness (QED) is 0.635. The maximum Gasteiger partial charge on any atom is 0.0897 e. The summed E-state index contributed by atoms with van der Waals surface area (Å²) in [5.41, 5.74) is 6.91. The molecular formula is C14H18N4. The molecule has 1 aromatic heterocycles. The summed E-state index contributed by atoms with van der Waals surface area (Å²) in [6.07, 6.45) is 4.54. The lowest BCUT2D eigenvalue weighted by Crippen LogP contribution is -2.29. The minimum Gasteiger partial charge on any atom is -0.271 e. The molecule has 0 spiro atoms. The van der Waals surface area contributed by atoms with Crippen LogP contribution in [0.25, 0.3) is 0 Å². The summed E-state index contributed by atoms with van der Waals surface area (Å²) in [5.74, 6) is 5.63. The number of hydrogen-bond acceptors (Lipinski definition) is 4. The highest BCUT2D eigenvalue weighted by molar-refractivity contribution is 5.29. The zero-order chi connectivity index (χ0) is 13.0. The van der Waals surface area contributed by atoms with E-state index in [1.54, 1.807) is 12.4 Å². The van der Waals surface area contributed by atoms with Crippen LogP contribution in [0.15, 0.2) is 36.7 Å². The van der Waals surface area contributed by atoms with Gasteiger partial charge in [-0.25, -0.2) is 5.43 Å². The number of aromatic nitrogens is 2. The Hall–Kier alpha value is -1.78. The summed E-state index contributed by atoms with van der Waals surface area (Å²) in [5, 5.41) is 0. The molecule has 0 bridgehead atoms. The highest BCUT2D eigenvalue weighted by Crippen LogP contribution is 2.19. The van der Waals surface area contributed by atoms with Crippen molar-refractivity contribution >= 4 is 0 Å². The molecule has 1 aromatic carbocycles. The topological polar surface area (TPSA) is 63.8 Å². The zero-order valence-electron chi connectivity index (χ0n) is 10.7. The normalized spacial score (nSPS) is 12.4. The average Bonchev–Trinajstić information content (AvgIpc) is 2.42. The van der Waals surface area contributed by atoms with Crippen LogP contribution in [0.4, 0.5) is 0 Å². The number of aryl methyl sites for hydroxylation is 2. The molecule has 1 unspecified atom stereocenters. The average molecular weight is 242 g/mol. The summed E-state index contributed by atoms with van der Waals surface area (Å²) in [4.78, 5) is 8.61. The Labute approximate surface area is 107 Å². The van der Waals surface area contributed by atoms with Gasteiger partial charge in [-0.2, -0.15) is 0 Å². The van der Waals surface area contributed by atoms with Crippen molar-refractivity contribution in [1.29, 1.82) is 0 Å². The highest BCUT2D eigenvalue weighted by Gasteiger charge is 2.13. The van der Waals surface area contributed by atoms with E-state index >= 15 is 0 Å². The summed E-state index contributed by atoms with van der Waals surface area (Å²) >= 11 is 0. The van der Waals surface area contributed by atoms with Crippen LogP contribution in [-0.2, 0) is 6.42 Å². The van der Waals surface area contributed by atoms with E-state index in [1.165, 1.54) is 5.56 Å². The van der Waals surface area contributed by atoms with Crippen molar-refractivity contribution in [3.8, 4) is 0 Å². The van der Waals surface area contributed by atoms with Crippen molar-refractivity contribution in [2.75, 3.05) is 0 Å². The molecule has 2 rings (SSSR count). The molecule has 0 fully saturated rings. The number of nitrogens with zero attached hydrogens (tertiary/aromatic N) is 2. The molecule has 1 atom stereocenters. The molecule has 18 heavy (non-hydrogen) atoms. The van der Waals surface area contributed by atoms with Crippen LogP contribution in [0.1, 0.15) is 35.5 Å². The first-order chi connectivity index (χ1) is 8.74. The van der Waals surface area contributed by atoms with E-state index < -0.39 is 0 Å². The maximum absolute atomic E-state index is 5.63. The second-order valence-corrected chi connectivity index (χ2v) is 4.28. The molecule has 0 aliphatic rings. The molecule has 1 heterocycles. The Morgan fingerprint density at radius 2 is 1.89 bits per heavy atom. The number of hydrogen-bond donors (Lipinski definition) is 2. The van der Waals surface area contributed by atoms with E-state index in [0.717, 1.165) is 23.4 Å². The molecule has 4 heteroatoms. The van der Waals surface area contributed by atoms with Crippen LogP contribution in [0, 0.1) is 6.92 Å². The van der Waals surface area contributed by atoms with Crippen LogP contribution in [0.5, 0.6) is 0 Å². The molecular weight excluding hydrogens is 224 g/mol. The Kier molecular flexibility index (Phi) is 4.02. The first kappa shape index (κ1) is 12.7. The number of rotatable bonds is 4. The third kappa shape index (κ3) is 2.72. The van der Waals surface area contributed by atoms with Gasteiger partial charge in [0.05, 0.1) is 23.6 Å². The van der Waals surface area contributed by atoms with Gasteiger partial charge >= 0.3 is 0 Å². The summed E-state index contributed by atoms with van der Waals surface area (Å²) < 4.78 is 0. The van der Waals surface area contributed by atoms with Gasteiger partial charge in [-0.1, -0.05) is 31.2 Å². The molecule has 94 valence electrons. The molecule has 0 aliphatic carbocycles. The fraction of sp³-hybridized carbons (Fsp3) is 0.286. The van der Waals surface area contributed by atoms with Crippen molar-refractivity contribution in [2.45, 2.75) is 26.3 Å². The van der Waals surface area contributed by atoms with Gasteiger partial charge in [-0.3, -0.25) is 15.8 Å². The molecule has 0 amide bonds. The lowest BCUT2D eigenvalue weighted by molar-refractivity contribution is 0.616. The van der Waals surface area contributed by atoms with Crippen LogP contribution < -0.4 is 11.3 Å². The molecule has 2 aromatic rings. The minimum atomic E-state index is -0.121. The van der Waals surface area contributed by atoms with Crippen molar-refractivity contribution in [2.24, 2.45) is 5.84 Å². The van der Waals surface area contributed by atoms with Gasteiger partial charge < -0.3 is 0 Å². The number of hydrazine groups is 1. The van der Waals surface area contributed by atoms with Gasteiger partial charge in [0.2, 0.25) is 0 Å². The number of nitrogens with two attached hydrogens (primary N) is 1. The lowest BCUT2D eigenvalue weighted by atomic mass is 10.0. The molecule has 0 saturated carbocycles. The lowest BCUT2D eigenvalue weighted by Gasteiger charge is -2.15. The molecule has 0 aliphatic heterocycles. The molecule has 0 saturated heterocycles. The van der Waals surface area contributed by atoms with Crippen molar-refractivity contribution in [3.63, 3.8) is 0 Å². The van der Waals surface area contributed by atoms with E-state index in [0.29, 0.717) is 0 Å². The predicted octanol–water partition coefficient (Wildman–Crippen LogP) is 1.90. The minimum absolute atomic E-state index is 0.121. The third-order valence-corrected chi connectivity index (χ3v) is 2.98. The summed E-state index contributed by atoms with van der Waals surface area (Å²) in [6, 6.07) is 8.25. The van der Waals surface area contributed by atoms with Crippen molar-refractivity contribution in [3.05, 3.63) is 59.2 Å². The number of benzene rings is 1. The predicted molar refractivity (Wildman–Crippen MR) is 71.8 cm³/mol. The largest absolute Gasteiger partial charge is 0.271 e. The van der Waals surface area contributed by atoms with Crippen molar-refractivity contribution in [1.82, 2.24) is 15.4 Å². The van der Waals surface area contributed by atoms with E-state index in [4.69, 9.17) is 5.84 Å². The summed E-state index contributed by atoms with van der Waals surface area (Å²) in [6.45, 7) is 4.05. The van der Waals surface area contributed by atoms with E-state index in [1.807, 2.05) is 6.92 Å². The fourth-order valence-electron chi connectivity index (χ4n) is 1.85. The monoisotopic (exact) mass is 242 g/mol. The van der Waals surface area contributed by atoms with Gasteiger partial charge in [0.25, 0.3) is 0 Å². The van der Waals surface area contributed by atoms with Gasteiger partial charge in [-0.05, 0) is 24.5 Å². The zero-order valence-corrected chi connectivity index (χ0v) is 10.7. The van der Waals surface area contributed by atoms with E-state index in [2.05, 4.69) is 46.6 Å². The van der Waals surface area contributed by atoms with Gasteiger partial charge in [0.15, 0.2) is 0 Å². The SMILES string of the molecule is CCc1ccc(C(NN)c2cnc(C)cn2)cc1. The second-order valence-electron chi connectivity index (χ2n) is 4.28. The Morgan fingerprint density at radius 3 is 2.39 bits per heavy atom. The Morgan fingerprint density at radius 1 is 1.17 bits per heavy atom. The Bertz CT molecular complexity index is 490. The van der Waals surface area contributed by atoms with E-state index in [-0.39, 0.29) is 6.04 Å². The van der Waals surface area contributed by atoms with Gasteiger partial charge in [-0.15, -0.1) is 0 Å². The molecule has 3 N–H and O–H groups in total. The second kappa shape index (κ2) is 5.71. The Balaban J connectivity index is 2.29. The molecule has 4 nitrogen and oxygen atoms in total. The third-order valence-electron chi connectivity index (χ3n) is 2.98. The van der Waals surface area contributed by atoms with Crippen LogP contribution in [0.3, 0.4) is 0 Å².